The Bertz CT molecular complexity index is 306. The first-order valence-corrected chi connectivity index (χ1v) is 10.5. The number of hydrogen-bond donors (Lipinski definition) is 2. The third-order valence-corrected chi connectivity index (χ3v) is 6.06. The maximum Gasteiger partial charge on any atom is 0.303 e. The van der Waals surface area contributed by atoms with Crippen LogP contribution in [-0.2, 0) is 4.79 Å². The Hall–Kier alpha value is -0.180. The molecule has 1 aliphatic carbocycles. The number of carboxylic acids is 1. The van der Waals surface area contributed by atoms with Crippen molar-refractivity contribution in [3.63, 3.8) is 0 Å². The molecule has 1 N–H and O–H groups in total. The van der Waals surface area contributed by atoms with Crippen LogP contribution in [0.1, 0.15) is 103 Å². The highest BCUT2D eigenvalue weighted by Gasteiger charge is 2.26. The van der Waals surface area contributed by atoms with E-state index in [0.29, 0.717) is 11.7 Å². The fourth-order valence-corrected chi connectivity index (χ4v) is 4.42. The van der Waals surface area contributed by atoms with E-state index in [4.69, 9.17) is 17.7 Å². The van der Waals surface area contributed by atoms with Gasteiger partial charge in [0.2, 0.25) is 0 Å². The van der Waals surface area contributed by atoms with Crippen molar-refractivity contribution in [3.05, 3.63) is 0 Å². The molecular formula is C20H38O2S. The Morgan fingerprint density at radius 1 is 1.00 bits per heavy atom. The van der Waals surface area contributed by atoms with Crippen LogP contribution in [0.5, 0.6) is 0 Å². The number of thiol groups is 1. The average Bonchev–Trinajstić information content (AvgIpc) is 2.96. The average molecular weight is 343 g/mol. The fourth-order valence-electron chi connectivity index (χ4n) is 4.09. The molecule has 136 valence electrons. The molecule has 1 fully saturated rings. The zero-order chi connectivity index (χ0) is 16.9. The summed E-state index contributed by atoms with van der Waals surface area (Å²) < 4.78 is 0. The first-order chi connectivity index (χ1) is 11.1. The molecule has 0 spiro atoms. The molecule has 0 bridgehead atoms. The van der Waals surface area contributed by atoms with Crippen LogP contribution in [0.15, 0.2) is 0 Å². The molecule has 0 saturated heterocycles. The van der Waals surface area contributed by atoms with Crippen LogP contribution in [-0.4, -0.2) is 16.3 Å². The maximum atomic E-state index is 10.5. The third kappa shape index (κ3) is 10.3. The predicted octanol–water partition coefficient (Wildman–Crippen LogP) is 6.49. The van der Waals surface area contributed by atoms with Crippen molar-refractivity contribution in [1.29, 1.82) is 0 Å². The van der Waals surface area contributed by atoms with E-state index in [9.17, 15) is 4.79 Å². The van der Waals surface area contributed by atoms with E-state index in [-0.39, 0.29) is 0 Å². The Morgan fingerprint density at radius 2 is 1.70 bits per heavy atom. The monoisotopic (exact) mass is 342 g/mol. The van der Waals surface area contributed by atoms with Crippen LogP contribution >= 0.6 is 12.6 Å². The highest BCUT2D eigenvalue weighted by molar-refractivity contribution is 7.80. The molecule has 1 rings (SSSR count). The van der Waals surface area contributed by atoms with Crippen LogP contribution in [0.3, 0.4) is 0 Å². The first kappa shape index (κ1) is 20.9. The number of aliphatic carboxylic acids is 1. The van der Waals surface area contributed by atoms with Crippen molar-refractivity contribution < 1.29 is 9.90 Å². The second kappa shape index (κ2) is 13.1. The second-order valence-electron chi connectivity index (χ2n) is 7.52. The number of unbranched alkanes of at least 4 members (excludes halogenated alkanes) is 5. The van der Waals surface area contributed by atoms with Gasteiger partial charge in [0.1, 0.15) is 0 Å². The second-order valence-corrected chi connectivity index (χ2v) is 8.25. The molecule has 1 aliphatic rings. The highest BCUT2D eigenvalue weighted by atomic mass is 32.1. The predicted molar refractivity (Wildman–Crippen MR) is 102 cm³/mol. The van der Waals surface area contributed by atoms with Crippen LogP contribution < -0.4 is 0 Å². The molecule has 0 aliphatic heterocycles. The summed E-state index contributed by atoms with van der Waals surface area (Å²) in [5.41, 5.74) is 0. The molecule has 3 atom stereocenters. The third-order valence-electron chi connectivity index (χ3n) is 5.54. The summed E-state index contributed by atoms with van der Waals surface area (Å²) in [6.07, 6.45) is 18.4. The minimum atomic E-state index is -0.652. The van der Waals surface area contributed by atoms with Crippen LogP contribution in [0.25, 0.3) is 0 Å². The fraction of sp³-hybridized carbons (Fsp3) is 0.950. The van der Waals surface area contributed by atoms with Crippen LogP contribution in [0, 0.1) is 11.8 Å². The van der Waals surface area contributed by atoms with Gasteiger partial charge in [0, 0.05) is 11.7 Å². The molecule has 0 aromatic rings. The van der Waals surface area contributed by atoms with Gasteiger partial charge >= 0.3 is 5.97 Å². The van der Waals surface area contributed by atoms with Gasteiger partial charge in [0.25, 0.3) is 0 Å². The smallest absolute Gasteiger partial charge is 0.303 e. The van der Waals surface area contributed by atoms with Crippen molar-refractivity contribution in [2.45, 2.75) is 108 Å². The minimum Gasteiger partial charge on any atom is -0.481 e. The molecular weight excluding hydrogens is 304 g/mol. The maximum absolute atomic E-state index is 10.5. The topological polar surface area (TPSA) is 37.3 Å². The molecule has 0 heterocycles. The van der Waals surface area contributed by atoms with Crippen molar-refractivity contribution in [2.24, 2.45) is 11.8 Å². The van der Waals surface area contributed by atoms with Crippen LogP contribution in [0.2, 0.25) is 0 Å². The molecule has 1 saturated carbocycles. The normalized spacial score (nSPS) is 22.3. The zero-order valence-corrected chi connectivity index (χ0v) is 16.0. The number of carbonyl (C=O) groups is 1. The summed E-state index contributed by atoms with van der Waals surface area (Å²) in [7, 11) is 0. The zero-order valence-electron chi connectivity index (χ0n) is 15.1. The van der Waals surface area contributed by atoms with Gasteiger partial charge < -0.3 is 5.11 Å². The van der Waals surface area contributed by atoms with Crippen LogP contribution in [0.4, 0.5) is 0 Å². The highest BCUT2D eigenvalue weighted by Crippen LogP contribution is 2.39. The number of hydrogen-bond acceptors (Lipinski definition) is 2. The van der Waals surface area contributed by atoms with E-state index in [1.807, 2.05) is 0 Å². The van der Waals surface area contributed by atoms with E-state index in [0.717, 1.165) is 24.7 Å². The largest absolute Gasteiger partial charge is 0.481 e. The van der Waals surface area contributed by atoms with E-state index in [2.05, 4.69) is 6.92 Å². The van der Waals surface area contributed by atoms with Gasteiger partial charge in [-0.25, -0.2) is 0 Å². The number of carboxylic acid groups (broad SMARTS) is 1. The van der Waals surface area contributed by atoms with Gasteiger partial charge in [-0.05, 0) is 37.5 Å². The van der Waals surface area contributed by atoms with Gasteiger partial charge in [0.15, 0.2) is 0 Å². The van der Waals surface area contributed by atoms with Gasteiger partial charge in [-0.1, -0.05) is 71.1 Å². The van der Waals surface area contributed by atoms with E-state index >= 15 is 0 Å². The summed E-state index contributed by atoms with van der Waals surface area (Å²) in [6, 6.07) is 0. The molecule has 3 heteroatoms. The van der Waals surface area contributed by atoms with E-state index in [1.165, 1.54) is 77.0 Å². The van der Waals surface area contributed by atoms with Gasteiger partial charge in [-0.15, -0.1) is 0 Å². The van der Waals surface area contributed by atoms with Crippen molar-refractivity contribution in [1.82, 2.24) is 0 Å². The Labute approximate surface area is 149 Å². The van der Waals surface area contributed by atoms with Crippen molar-refractivity contribution in [2.75, 3.05) is 0 Å². The summed E-state index contributed by atoms with van der Waals surface area (Å²) in [6.45, 7) is 2.26. The molecule has 1 unspecified atom stereocenters. The number of rotatable bonds is 14. The quantitative estimate of drug-likeness (QED) is 0.280. The van der Waals surface area contributed by atoms with Gasteiger partial charge in [-0.3, -0.25) is 4.79 Å². The van der Waals surface area contributed by atoms with E-state index in [1.54, 1.807) is 0 Å². The lowest BCUT2D eigenvalue weighted by Gasteiger charge is -2.21. The molecule has 0 aromatic heterocycles. The summed E-state index contributed by atoms with van der Waals surface area (Å²) in [5.74, 6) is 1.22. The lowest BCUT2D eigenvalue weighted by molar-refractivity contribution is -0.137. The van der Waals surface area contributed by atoms with Crippen molar-refractivity contribution >= 4 is 18.6 Å². The Kier molecular flexibility index (Phi) is 11.9. The Balaban J connectivity index is 2.07. The van der Waals surface area contributed by atoms with Gasteiger partial charge in [0.05, 0.1) is 0 Å². The summed E-state index contributed by atoms with van der Waals surface area (Å²) in [4.78, 5) is 10.5. The Morgan fingerprint density at radius 3 is 2.39 bits per heavy atom. The van der Waals surface area contributed by atoms with Gasteiger partial charge in [-0.2, -0.15) is 12.6 Å². The minimum absolute atomic E-state index is 0.341. The molecule has 23 heavy (non-hydrogen) atoms. The summed E-state index contributed by atoms with van der Waals surface area (Å²) in [5, 5.41) is 9.25. The first-order valence-electron chi connectivity index (χ1n) is 10.0. The lowest BCUT2D eigenvalue weighted by atomic mass is 9.86. The summed E-state index contributed by atoms with van der Waals surface area (Å²) >= 11 is 4.78. The molecule has 0 aromatic carbocycles. The standard InChI is InChI=1S/C20H38O2S/c1-2-3-6-13-19(23)16-15-18-12-9-11-17(18)10-7-4-5-8-14-20(21)22/h17-19,23H,2-16H2,1H3,(H,21,22)/t17-,18+,19?/m0/s1. The SMILES string of the molecule is CCCCCC(S)CC[C@H]1CCC[C@@H]1CCCCCCC(=O)O. The van der Waals surface area contributed by atoms with Crippen molar-refractivity contribution in [3.8, 4) is 0 Å². The van der Waals surface area contributed by atoms with E-state index < -0.39 is 5.97 Å². The molecule has 2 nitrogen and oxygen atoms in total. The molecule has 0 radical (unpaired) electrons. The lowest BCUT2D eigenvalue weighted by Crippen LogP contribution is -2.11. The molecule has 0 amide bonds.